The number of thiophene rings is 1. The number of ether oxygens (including phenoxy) is 3. The molecule has 0 aliphatic carbocycles. The summed E-state index contributed by atoms with van der Waals surface area (Å²) in [4.78, 5) is 3.45. The highest BCUT2D eigenvalue weighted by Crippen LogP contribution is 2.47. The molecule has 1 aliphatic rings. The van der Waals surface area contributed by atoms with E-state index < -0.39 is 0 Å². The molecule has 2 heterocycles. The van der Waals surface area contributed by atoms with Gasteiger partial charge in [-0.1, -0.05) is 0 Å². The number of phenolic OH excluding ortho intramolecular Hbond substituents is 1. The van der Waals surface area contributed by atoms with E-state index in [1.54, 1.807) is 30.6 Å². The summed E-state index contributed by atoms with van der Waals surface area (Å²) in [5.74, 6) is 3.44. The first kappa shape index (κ1) is 24.2. The molecule has 0 atom stereocenters. The molecular weight excluding hydrogens is 470 g/mol. The minimum Gasteiger partial charge on any atom is -0.508 e. The average Bonchev–Trinajstić information content (AvgIpc) is 3.48. The minimum absolute atomic E-state index is 0. The molecule has 0 unspecified atom stereocenters. The number of phenols is 1. The molecule has 1 aliphatic heterocycles. The van der Waals surface area contributed by atoms with Crippen LogP contribution in [0.15, 0.2) is 66.7 Å². The van der Waals surface area contributed by atoms with Crippen molar-refractivity contribution >= 4 is 33.8 Å². The van der Waals surface area contributed by atoms with Crippen LogP contribution in [0.25, 0.3) is 20.5 Å². The molecular formula is C27H28ClNO4S. The second-order valence-electron chi connectivity index (χ2n) is 8.14. The van der Waals surface area contributed by atoms with Crippen LogP contribution in [0.1, 0.15) is 12.8 Å². The van der Waals surface area contributed by atoms with Gasteiger partial charge in [0.25, 0.3) is 0 Å². The van der Waals surface area contributed by atoms with Gasteiger partial charge in [-0.05, 0) is 98.2 Å². The fourth-order valence-electron chi connectivity index (χ4n) is 4.11. The minimum atomic E-state index is 0. The van der Waals surface area contributed by atoms with Gasteiger partial charge >= 0.3 is 0 Å². The van der Waals surface area contributed by atoms with Gasteiger partial charge in [-0.2, -0.15) is 0 Å². The number of nitrogens with zero attached hydrogens (tertiary/aromatic N) is 1. The van der Waals surface area contributed by atoms with Crippen LogP contribution in [0.4, 0.5) is 0 Å². The summed E-state index contributed by atoms with van der Waals surface area (Å²) in [6, 6.07) is 21.0. The maximum absolute atomic E-state index is 9.71. The molecule has 1 saturated heterocycles. The molecule has 1 fully saturated rings. The Morgan fingerprint density at radius 1 is 0.882 bits per heavy atom. The highest BCUT2D eigenvalue weighted by molar-refractivity contribution is 7.22. The molecule has 0 spiro atoms. The molecule has 3 aromatic carbocycles. The topological polar surface area (TPSA) is 51.2 Å². The van der Waals surface area contributed by atoms with Gasteiger partial charge < -0.3 is 19.3 Å². The van der Waals surface area contributed by atoms with Crippen molar-refractivity contribution in [2.45, 2.75) is 12.8 Å². The van der Waals surface area contributed by atoms with Crippen molar-refractivity contribution in [2.75, 3.05) is 33.4 Å². The lowest BCUT2D eigenvalue weighted by molar-refractivity contribution is 0.237. The highest BCUT2D eigenvalue weighted by Gasteiger charge is 2.17. The third kappa shape index (κ3) is 5.41. The predicted molar refractivity (Wildman–Crippen MR) is 140 cm³/mol. The van der Waals surface area contributed by atoms with E-state index >= 15 is 0 Å². The Morgan fingerprint density at radius 3 is 2.26 bits per heavy atom. The molecule has 0 bridgehead atoms. The molecule has 5 nitrogen and oxygen atoms in total. The number of hydrogen-bond donors (Lipinski definition) is 1. The van der Waals surface area contributed by atoms with E-state index in [-0.39, 0.29) is 18.2 Å². The smallest absolute Gasteiger partial charge is 0.153 e. The Labute approximate surface area is 209 Å². The molecule has 0 amide bonds. The summed E-state index contributed by atoms with van der Waals surface area (Å²) in [5, 5.41) is 10.7. The second-order valence-corrected chi connectivity index (χ2v) is 9.19. The maximum atomic E-state index is 9.71. The Balaban J connectivity index is 0.00000274. The zero-order chi connectivity index (χ0) is 22.6. The Bertz CT molecular complexity index is 1220. The molecule has 1 N–H and O–H groups in total. The standard InChI is InChI=1S/C27H27NO4S.ClH/c1-30-23-12-13-24-25(18-23)33-27(19-4-6-20(29)7-5-19)26(24)32-22-10-8-21(9-11-22)31-17-16-28-14-2-3-15-28;/h4-13,18,29H,2-3,14-17H2,1H3;1H. The van der Waals surface area contributed by atoms with E-state index in [4.69, 9.17) is 14.2 Å². The van der Waals surface area contributed by atoms with Gasteiger partial charge in [-0.15, -0.1) is 23.7 Å². The third-order valence-electron chi connectivity index (χ3n) is 5.90. The van der Waals surface area contributed by atoms with Crippen molar-refractivity contribution in [3.63, 3.8) is 0 Å². The Morgan fingerprint density at radius 2 is 1.56 bits per heavy atom. The number of aromatic hydroxyl groups is 1. The molecule has 0 saturated carbocycles. The normalized spacial score (nSPS) is 13.6. The fourth-order valence-corrected chi connectivity index (χ4v) is 5.27. The van der Waals surface area contributed by atoms with E-state index in [2.05, 4.69) is 4.90 Å². The van der Waals surface area contributed by atoms with Crippen LogP contribution < -0.4 is 14.2 Å². The second kappa shape index (κ2) is 11.0. The molecule has 0 radical (unpaired) electrons. The quantitative estimate of drug-likeness (QED) is 0.285. The van der Waals surface area contributed by atoms with Crippen molar-refractivity contribution in [3.05, 3.63) is 66.7 Å². The Kier molecular flexibility index (Phi) is 7.83. The molecule has 5 rings (SSSR count). The van der Waals surface area contributed by atoms with Crippen molar-refractivity contribution in [1.29, 1.82) is 0 Å². The first-order valence-corrected chi connectivity index (χ1v) is 12.0. The van der Waals surface area contributed by atoms with Crippen molar-refractivity contribution in [1.82, 2.24) is 4.90 Å². The summed E-state index contributed by atoms with van der Waals surface area (Å²) < 4.78 is 18.8. The zero-order valence-corrected chi connectivity index (χ0v) is 20.7. The average molecular weight is 498 g/mol. The van der Waals surface area contributed by atoms with Gasteiger partial charge in [0.1, 0.15) is 29.6 Å². The fraction of sp³-hybridized carbons (Fsp3) is 0.259. The van der Waals surface area contributed by atoms with E-state index in [1.165, 1.54) is 25.9 Å². The molecule has 34 heavy (non-hydrogen) atoms. The lowest BCUT2D eigenvalue weighted by Crippen LogP contribution is -2.25. The molecule has 1 aromatic heterocycles. The maximum Gasteiger partial charge on any atom is 0.153 e. The first-order chi connectivity index (χ1) is 16.2. The van der Waals surface area contributed by atoms with Crippen molar-refractivity contribution in [3.8, 4) is 39.2 Å². The third-order valence-corrected chi connectivity index (χ3v) is 7.08. The number of benzene rings is 3. The van der Waals surface area contributed by atoms with Crippen LogP contribution in [0.3, 0.4) is 0 Å². The zero-order valence-electron chi connectivity index (χ0n) is 19.0. The number of rotatable bonds is 8. The largest absolute Gasteiger partial charge is 0.508 e. The van der Waals surface area contributed by atoms with Gasteiger partial charge in [0.15, 0.2) is 5.75 Å². The van der Waals surface area contributed by atoms with Crippen LogP contribution in [-0.2, 0) is 0 Å². The number of halogens is 1. The number of methoxy groups -OCH3 is 1. The monoisotopic (exact) mass is 497 g/mol. The van der Waals surface area contributed by atoms with Gasteiger partial charge in [-0.3, -0.25) is 4.90 Å². The SMILES string of the molecule is COc1ccc2c(Oc3ccc(OCCN4CCCC4)cc3)c(-c3ccc(O)cc3)sc2c1.Cl. The van der Waals surface area contributed by atoms with Crippen LogP contribution in [0.5, 0.6) is 28.7 Å². The van der Waals surface area contributed by atoms with E-state index in [0.29, 0.717) is 6.61 Å². The summed E-state index contributed by atoms with van der Waals surface area (Å²) in [6.45, 7) is 4.03. The van der Waals surface area contributed by atoms with E-state index in [9.17, 15) is 5.11 Å². The van der Waals surface area contributed by atoms with E-state index in [1.807, 2.05) is 54.6 Å². The number of likely N-dealkylation sites (tertiary alicyclic amines) is 1. The summed E-state index contributed by atoms with van der Waals surface area (Å²) in [7, 11) is 1.67. The lowest BCUT2D eigenvalue weighted by atomic mass is 10.1. The summed E-state index contributed by atoms with van der Waals surface area (Å²) in [5.41, 5.74) is 0.991. The van der Waals surface area contributed by atoms with E-state index in [0.717, 1.165) is 50.1 Å². The summed E-state index contributed by atoms with van der Waals surface area (Å²) in [6.07, 6.45) is 2.59. The molecule has 4 aromatic rings. The predicted octanol–water partition coefficient (Wildman–Crippen LogP) is 6.97. The van der Waals surface area contributed by atoms with Crippen LogP contribution in [0.2, 0.25) is 0 Å². The van der Waals surface area contributed by atoms with Crippen LogP contribution in [-0.4, -0.2) is 43.4 Å². The van der Waals surface area contributed by atoms with Gasteiger partial charge in [0.05, 0.1) is 12.0 Å². The van der Waals surface area contributed by atoms with Gasteiger partial charge in [0.2, 0.25) is 0 Å². The first-order valence-electron chi connectivity index (χ1n) is 11.2. The Hall–Kier alpha value is -2.93. The molecule has 178 valence electrons. The van der Waals surface area contributed by atoms with Crippen LogP contribution in [0, 0.1) is 0 Å². The molecule has 7 heteroatoms. The summed E-state index contributed by atoms with van der Waals surface area (Å²) >= 11 is 1.64. The number of fused-ring (bicyclic) bond motifs is 1. The van der Waals surface area contributed by atoms with Crippen molar-refractivity contribution < 1.29 is 19.3 Å². The highest BCUT2D eigenvalue weighted by atomic mass is 35.5. The van der Waals surface area contributed by atoms with Crippen molar-refractivity contribution in [2.24, 2.45) is 0 Å². The lowest BCUT2D eigenvalue weighted by Gasteiger charge is -2.15. The van der Waals surface area contributed by atoms with Crippen LogP contribution >= 0.6 is 23.7 Å². The van der Waals surface area contributed by atoms with Gasteiger partial charge in [0, 0.05) is 16.6 Å². The number of hydrogen-bond acceptors (Lipinski definition) is 6. The van der Waals surface area contributed by atoms with Gasteiger partial charge in [-0.25, -0.2) is 0 Å².